The lowest BCUT2D eigenvalue weighted by molar-refractivity contribution is 0.301. The van der Waals surface area contributed by atoms with Crippen molar-refractivity contribution in [3.63, 3.8) is 0 Å². The Morgan fingerprint density at radius 2 is 1.90 bits per heavy atom. The van der Waals surface area contributed by atoms with Crippen LogP contribution in [0.15, 0.2) is 48.5 Å². The minimum Gasteiger partial charge on any atom is -0.395 e. The lowest BCUT2D eigenvalue weighted by Gasteiger charge is -2.25. The first-order valence-electron chi connectivity index (χ1n) is 6.61. The van der Waals surface area contributed by atoms with Gasteiger partial charge in [-0.15, -0.1) is 0 Å². The van der Waals surface area contributed by atoms with Crippen LogP contribution in [0.3, 0.4) is 0 Å². The topological polar surface area (TPSA) is 49.5 Å². The Labute approximate surface area is 135 Å². The molecule has 2 aromatic rings. The van der Waals surface area contributed by atoms with E-state index in [2.05, 4.69) is 0 Å². The number of anilines is 1. The van der Waals surface area contributed by atoms with Crippen molar-refractivity contribution in [2.45, 2.75) is 6.54 Å². The normalized spacial score (nSPS) is 10.4. The lowest BCUT2D eigenvalue weighted by Crippen LogP contribution is -2.26. The molecule has 0 heterocycles. The molecule has 0 saturated heterocycles. The Morgan fingerprint density at radius 1 is 1.19 bits per heavy atom. The predicted octanol–water partition coefficient (Wildman–Crippen LogP) is 2.97. The summed E-state index contributed by atoms with van der Waals surface area (Å²) in [5.41, 5.74) is 8.36. The van der Waals surface area contributed by atoms with Gasteiger partial charge >= 0.3 is 0 Å². The second kappa shape index (κ2) is 7.41. The highest BCUT2D eigenvalue weighted by Gasteiger charge is 2.12. The summed E-state index contributed by atoms with van der Waals surface area (Å²) in [5.74, 6) is 0. The van der Waals surface area contributed by atoms with Crippen molar-refractivity contribution in [2.75, 3.05) is 18.1 Å². The van der Waals surface area contributed by atoms with E-state index in [1.165, 1.54) is 0 Å². The summed E-state index contributed by atoms with van der Waals surface area (Å²) < 4.78 is 0. The van der Waals surface area contributed by atoms with E-state index < -0.39 is 0 Å². The number of nitrogens with two attached hydrogens (primary N) is 1. The zero-order valence-electron chi connectivity index (χ0n) is 11.5. The van der Waals surface area contributed by atoms with Crippen molar-refractivity contribution in [3.8, 4) is 0 Å². The first-order chi connectivity index (χ1) is 10.1. The van der Waals surface area contributed by atoms with Gasteiger partial charge in [0.1, 0.15) is 4.99 Å². The van der Waals surface area contributed by atoms with Gasteiger partial charge in [-0.2, -0.15) is 0 Å². The number of hydrogen-bond acceptors (Lipinski definition) is 3. The highest BCUT2D eigenvalue weighted by Crippen LogP contribution is 2.28. The average molecular weight is 321 g/mol. The maximum Gasteiger partial charge on any atom is 0.104 e. The predicted molar refractivity (Wildman–Crippen MR) is 91.9 cm³/mol. The minimum absolute atomic E-state index is 0.0558. The Morgan fingerprint density at radius 3 is 2.48 bits per heavy atom. The Balaban J connectivity index is 2.27. The molecular weight excluding hydrogens is 304 g/mol. The number of benzene rings is 2. The number of rotatable bonds is 6. The second-order valence-electron chi connectivity index (χ2n) is 4.66. The fourth-order valence-electron chi connectivity index (χ4n) is 2.13. The second-order valence-corrected chi connectivity index (χ2v) is 5.51. The van der Waals surface area contributed by atoms with Crippen molar-refractivity contribution < 1.29 is 5.11 Å². The van der Waals surface area contributed by atoms with Crippen molar-refractivity contribution in [1.82, 2.24) is 0 Å². The number of thiocarbonyl (C=S) groups is 1. The molecular formula is C16H17ClN2OS. The average Bonchev–Trinajstić information content (AvgIpc) is 2.48. The van der Waals surface area contributed by atoms with Gasteiger partial charge < -0.3 is 15.7 Å². The van der Waals surface area contributed by atoms with Crippen LogP contribution in [0.5, 0.6) is 0 Å². The van der Waals surface area contributed by atoms with E-state index in [0.29, 0.717) is 23.1 Å². The first-order valence-corrected chi connectivity index (χ1v) is 7.39. The Bertz CT molecular complexity index is 619. The summed E-state index contributed by atoms with van der Waals surface area (Å²) in [6.45, 7) is 1.23. The SMILES string of the molecule is NC(=S)c1ccc(N(CCO)Cc2ccccc2)c(Cl)c1. The summed E-state index contributed by atoms with van der Waals surface area (Å²) >= 11 is 11.3. The number of halogens is 1. The largest absolute Gasteiger partial charge is 0.395 e. The minimum atomic E-state index is 0.0558. The van der Waals surface area contributed by atoms with Crippen LogP contribution in [0.4, 0.5) is 5.69 Å². The van der Waals surface area contributed by atoms with Gasteiger partial charge in [0.25, 0.3) is 0 Å². The molecule has 0 aliphatic carbocycles. The Hall–Kier alpha value is -1.62. The van der Waals surface area contributed by atoms with Crippen LogP contribution in [0.25, 0.3) is 0 Å². The van der Waals surface area contributed by atoms with Crippen molar-refractivity contribution in [2.24, 2.45) is 5.73 Å². The van der Waals surface area contributed by atoms with E-state index in [1.54, 1.807) is 6.07 Å². The van der Waals surface area contributed by atoms with E-state index in [0.717, 1.165) is 16.8 Å². The van der Waals surface area contributed by atoms with Gasteiger partial charge in [-0.1, -0.05) is 54.2 Å². The van der Waals surface area contributed by atoms with Crippen LogP contribution in [-0.2, 0) is 6.54 Å². The summed E-state index contributed by atoms with van der Waals surface area (Å²) in [5, 5.41) is 9.86. The van der Waals surface area contributed by atoms with Crippen molar-refractivity contribution >= 4 is 34.5 Å². The lowest BCUT2D eigenvalue weighted by atomic mass is 10.1. The molecule has 0 saturated carbocycles. The Kier molecular flexibility index (Phi) is 5.56. The molecule has 21 heavy (non-hydrogen) atoms. The van der Waals surface area contributed by atoms with E-state index in [9.17, 15) is 5.11 Å². The van der Waals surface area contributed by atoms with E-state index in [-0.39, 0.29) is 6.61 Å². The van der Waals surface area contributed by atoms with Gasteiger partial charge in [0.15, 0.2) is 0 Å². The highest BCUT2D eigenvalue weighted by atomic mass is 35.5. The molecule has 3 N–H and O–H groups in total. The van der Waals surface area contributed by atoms with Crippen LogP contribution in [0, 0.1) is 0 Å². The van der Waals surface area contributed by atoms with E-state index >= 15 is 0 Å². The summed E-state index contributed by atoms with van der Waals surface area (Å²) in [7, 11) is 0. The molecule has 2 aromatic carbocycles. The summed E-state index contributed by atoms with van der Waals surface area (Å²) in [4.78, 5) is 2.35. The number of hydrogen-bond donors (Lipinski definition) is 2. The summed E-state index contributed by atoms with van der Waals surface area (Å²) in [6.07, 6.45) is 0. The molecule has 5 heteroatoms. The van der Waals surface area contributed by atoms with E-state index in [1.807, 2.05) is 47.4 Å². The molecule has 0 unspecified atom stereocenters. The molecule has 0 aliphatic heterocycles. The smallest absolute Gasteiger partial charge is 0.104 e. The highest BCUT2D eigenvalue weighted by molar-refractivity contribution is 7.80. The van der Waals surface area contributed by atoms with Gasteiger partial charge in [0.05, 0.1) is 17.3 Å². The molecule has 110 valence electrons. The summed E-state index contributed by atoms with van der Waals surface area (Å²) in [6, 6.07) is 15.5. The molecule has 0 atom stereocenters. The quantitative estimate of drug-likeness (QED) is 0.803. The molecule has 0 bridgehead atoms. The maximum atomic E-state index is 9.28. The molecule has 0 radical (unpaired) electrons. The monoisotopic (exact) mass is 320 g/mol. The van der Waals surface area contributed by atoms with Gasteiger partial charge in [0, 0.05) is 18.7 Å². The van der Waals surface area contributed by atoms with Crippen LogP contribution >= 0.6 is 23.8 Å². The van der Waals surface area contributed by atoms with Gasteiger partial charge in [0.2, 0.25) is 0 Å². The zero-order chi connectivity index (χ0) is 15.2. The van der Waals surface area contributed by atoms with Crippen LogP contribution in [0.2, 0.25) is 5.02 Å². The molecule has 0 fully saturated rings. The third kappa shape index (κ3) is 4.17. The third-order valence-corrected chi connectivity index (χ3v) is 3.70. The molecule has 3 nitrogen and oxygen atoms in total. The molecule has 0 spiro atoms. The van der Waals surface area contributed by atoms with Crippen molar-refractivity contribution in [1.29, 1.82) is 0 Å². The zero-order valence-corrected chi connectivity index (χ0v) is 13.1. The van der Waals surface area contributed by atoms with Gasteiger partial charge in [-0.05, 0) is 23.8 Å². The fraction of sp³-hybridized carbons (Fsp3) is 0.188. The number of nitrogens with zero attached hydrogens (tertiary/aromatic N) is 1. The maximum absolute atomic E-state index is 9.28. The number of aliphatic hydroxyl groups excluding tert-OH is 1. The molecule has 0 aliphatic rings. The van der Waals surface area contributed by atoms with Crippen LogP contribution in [0.1, 0.15) is 11.1 Å². The molecule has 2 rings (SSSR count). The van der Waals surface area contributed by atoms with Gasteiger partial charge in [-0.3, -0.25) is 0 Å². The fourth-order valence-corrected chi connectivity index (χ4v) is 2.55. The third-order valence-electron chi connectivity index (χ3n) is 3.16. The number of aliphatic hydroxyl groups is 1. The molecule has 0 amide bonds. The first kappa shape index (κ1) is 15.8. The van der Waals surface area contributed by atoms with Crippen molar-refractivity contribution in [3.05, 3.63) is 64.7 Å². The van der Waals surface area contributed by atoms with E-state index in [4.69, 9.17) is 29.6 Å². The standard InChI is InChI=1S/C16H17ClN2OS/c17-14-10-13(16(18)21)6-7-15(14)19(8-9-20)11-12-4-2-1-3-5-12/h1-7,10,20H,8-9,11H2,(H2,18,21). The molecule has 0 aromatic heterocycles. The van der Waals surface area contributed by atoms with Crippen LogP contribution < -0.4 is 10.6 Å². The van der Waals surface area contributed by atoms with Gasteiger partial charge in [-0.25, -0.2) is 0 Å². The van der Waals surface area contributed by atoms with Crippen LogP contribution in [-0.4, -0.2) is 23.2 Å².